The molecule has 3 nitrogen and oxygen atoms in total. The van der Waals surface area contributed by atoms with Gasteiger partial charge in [0.2, 0.25) is 0 Å². The van der Waals surface area contributed by atoms with Crippen molar-refractivity contribution in [2.75, 3.05) is 11.9 Å². The molecule has 0 aromatic heterocycles. The van der Waals surface area contributed by atoms with Crippen LogP contribution in [-0.4, -0.2) is 12.5 Å². The van der Waals surface area contributed by atoms with Crippen LogP contribution in [0.2, 0.25) is 0 Å². The van der Waals surface area contributed by atoms with Crippen LogP contribution < -0.4 is 10.1 Å². The van der Waals surface area contributed by atoms with Crippen molar-refractivity contribution in [1.82, 2.24) is 0 Å². The number of carbonyl (C=O) groups excluding carboxylic acids is 1. The molecule has 116 valence electrons. The van der Waals surface area contributed by atoms with E-state index in [0.717, 1.165) is 17.0 Å². The average Bonchev–Trinajstić information content (AvgIpc) is 2.47. The second-order valence-corrected chi connectivity index (χ2v) is 5.88. The first-order valence-electron chi connectivity index (χ1n) is 7.55. The zero-order valence-electron chi connectivity index (χ0n) is 13.6. The van der Waals surface area contributed by atoms with Gasteiger partial charge in [-0.25, -0.2) is 0 Å². The highest BCUT2D eigenvalue weighted by Crippen LogP contribution is 2.23. The molecule has 1 amide bonds. The lowest BCUT2D eigenvalue weighted by Crippen LogP contribution is -2.20. The van der Waals surface area contributed by atoms with Gasteiger partial charge in [-0.1, -0.05) is 37.6 Å². The van der Waals surface area contributed by atoms with Gasteiger partial charge in [0.15, 0.2) is 6.61 Å². The van der Waals surface area contributed by atoms with Gasteiger partial charge in [0.25, 0.3) is 5.91 Å². The van der Waals surface area contributed by atoms with Crippen LogP contribution in [0.3, 0.4) is 0 Å². The van der Waals surface area contributed by atoms with Crippen molar-refractivity contribution in [1.29, 1.82) is 0 Å². The summed E-state index contributed by atoms with van der Waals surface area (Å²) in [6.45, 7) is 8.41. The van der Waals surface area contributed by atoms with Gasteiger partial charge in [0, 0.05) is 5.69 Å². The molecule has 3 heteroatoms. The molecular formula is C19H23NO2. The Morgan fingerprint density at radius 3 is 2.36 bits per heavy atom. The molecule has 0 spiro atoms. The Bertz CT molecular complexity index is 645. The van der Waals surface area contributed by atoms with Crippen LogP contribution in [-0.2, 0) is 4.79 Å². The third-order valence-corrected chi connectivity index (χ3v) is 3.57. The summed E-state index contributed by atoms with van der Waals surface area (Å²) in [5, 5.41) is 2.82. The van der Waals surface area contributed by atoms with Crippen molar-refractivity contribution in [3.63, 3.8) is 0 Å². The van der Waals surface area contributed by atoms with E-state index in [1.807, 2.05) is 43.3 Å². The number of nitrogens with one attached hydrogen (secondary N) is 1. The molecule has 0 heterocycles. The normalized spacial score (nSPS) is 10.6. The van der Waals surface area contributed by atoms with Crippen LogP contribution in [0, 0.1) is 13.8 Å². The van der Waals surface area contributed by atoms with Gasteiger partial charge in [-0.3, -0.25) is 4.79 Å². The van der Waals surface area contributed by atoms with E-state index < -0.39 is 0 Å². The molecule has 22 heavy (non-hydrogen) atoms. The Kier molecular flexibility index (Phi) is 5.21. The Labute approximate surface area is 132 Å². The lowest BCUT2D eigenvalue weighted by atomic mass is 9.98. The monoisotopic (exact) mass is 297 g/mol. The summed E-state index contributed by atoms with van der Waals surface area (Å²) in [6.07, 6.45) is 0. The third kappa shape index (κ3) is 4.35. The molecule has 2 aromatic rings. The zero-order valence-corrected chi connectivity index (χ0v) is 13.6. The molecule has 0 atom stereocenters. The van der Waals surface area contributed by atoms with Crippen molar-refractivity contribution in [3.8, 4) is 5.75 Å². The summed E-state index contributed by atoms with van der Waals surface area (Å²) in [5.74, 6) is 1.05. The Morgan fingerprint density at radius 2 is 1.77 bits per heavy atom. The van der Waals surface area contributed by atoms with Crippen molar-refractivity contribution in [3.05, 3.63) is 59.2 Å². The second kappa shape index (κ2) is 7.12. The van der Waals surface area contributed by atoms with Crippen LogP contribution >= 0.6 is 0 Å². The maximum atomic E-state index is 11.9. The molecule has 0 saturated carbocycles. The molecule has 0 radical (unpaired) electrons. The molecule has 0 aliphatic carbocycles. The Morgan fingerprint density at radius 1 is 1.09 bits per heavy atom. The quantitative estimate of drug-likeness (QED) is 0.885. The van der Waals surface area contributed by atoms with E-state index in [-0.39, 0.29) is 12.5 Å². The minimum Gasteiger partial charge on any atom is -0.484 e. The van der Waals surface area contributed by atoms with Crippen molar-refractivity contribution < 1.29 is 9.53 Å². The first-order valence-corrected chi connectivity index (χ1v) is 7.55. The number of hydrogen-bond acceptors (Lipinski definition) is 2. The first kappa shape index (κ1) is 16.1. The van der Waals surface area contributed by atoms with Gasteiger partial charge < -0.3 is 10.1 Å². The van der Waals surface area contributed by atoms with E-state index in [4.69, 9.17) is 4.74 Å². The fourth-order valence-corrected chi connectivity index (χ4v) is 2.37. The van der Waals surface area contributed by atoms with Gasteiger partial charge in [0.05, 0.1) is 0 Å². The molecular weight excluding hydrogens is 274 g/mol. The number of carbonyl (C=O) groups is 1. The Hall–Kier alpha value is -2.29. The fraction of sp³-hybridized carbons (Fsp3) is 0.316. The molecule has 0 bridgehead atoms. The zero-order chi connectivity index (χ0) is 16.1. The average molecular weight is 297 g/mol. The predicted octanol–water partition coefficient (Wildman–Crippen LogP) is 4.44. The van der Waals surface area contributed by atoms with Gasteiger partial charge >= 0.3 is 0 Å². The minimum absolute atomic E-state index is 0.00828. The molecule has 0 fully saturated rings. The van der Waals surface area contributed by atoms with Gasteiger partial charge in [0.1, 0.15) is 5.75 Å². The lowest BCUT2D eigenvalue weighted by molar-refractivity contribution is -0.118. The van der Waals surface area contributed by atoms with E-state index in [9.17, 15) is 4.79 Å². The first-order chi connectivity index (χ1) is 10.5. The number of aryl methyl sites for hydroxylation is 2. The largest absolute Gasteiger partial charge is 0.484 e. The van der Waals surface area contributed by atoms with E-state index in [0.29, 0.717) is 5.92 Å². The summed E-state index contributed by atoms with van der Waals surface area (Å²) < 4.78 is 5.57. The van der Waals surface area contributed by atoms with Crippen LogP contribution in [0.5, 0.6) is 5.75 Å². The summed E-state index contributed by atoms with van der Waals surface area (Å²) in [7, 11) is 0. The van der Waals surface area contributed by atoms with Crippen LogP contribution in [0.4, 0.5) is 5.69 Å². The maximum Gasteiger partial charge on any atom is 0.262 e. The van der Waals surface area contributed by atoms with Crippen molar-refractivity contribution in [2.24, 2.45) is 0 Å². The maximum absolute atomic E-state index is 11.9. The topological polar surface area (TPSA) is 38.3 Å². The highest BCUT2D eigenvalue weighted by atomic mass is 16.5. The number of ether oxygens (including phenoxy) is 1. The molecule has 2 rings (SSSR count). The fourth-order valence-electron chi connectivity index (χ4n) is 2.37. The summed E-state index contributed by atoms with van der Waals surface area (Å²) >= 11 is 0. The molecule has 2 aromatic carbocycles. The van der Waals surface area contributed by atoms with E-state index in [1.54, 1.807) is 0 Å². The highest BCUT2D eigenvalue weighted by molar-refractivity contribution is 5.91. The summed E-state index contributed by atoms with van der Waals surface area (Å²) in [4.78, 5) is 11.9. The van der Waals surface area contributed by atoms with Gasteiger partial charge in [-0.15, -0.1) is 0 Å². The third-order valence-electron chi connectivity index (χ3n) is 3.57. The predicted molar refractivity (Wildman–Crippen MR) is 90.6 cm³/mol. The van der Waals surface area contributed by atoms with Crippen LogP contribution in [0.1, 0.15) is 36.5 Å². The highest BCUT2D eigenvalue weighted by Gasteiger charge is 2.07. The SMILES string of the molecule is Cc1ccc(NC(=O)COc2ccc(C(C)C)c(C)c2)cc1. The van der Waals surface area contributed by atoms with Crippen molar-refractivity contribution in [2.45, 2.75) is 33.6 Å². The number of hydrogen-bond donors (Lipinski definition) is 1. The van der Waals surface area contributed by atoms with Crippen molar-refractivity contribution >= 4 is 11.6 Å². The second-order valence-electron chi connectivity index (χ2n) is 5.88. The number of rotatable bonds is 5. The van der Waals surface area contributed by atoms with E-state index in [1.165, 1.54) is 11.1 Å². The van der Waals surface area contributed by atoms with Gasteiger partial charge in [-0.2, -0.15) is 0 Å². The van der Waals surface area contributed by atoms with Gasteiger partial charge in [-0.05, 0) is 55.2 Å². The minimum atomic E-state index is -0.158. The number of amides is 1. The summed E-state index contributed by atoms with van der Waals surface area (Å²) in [6, 6.07) is 13.7. The van der Waals surface area contributed by atoms with E-state index in [2.05, 4.69) is 32.2 Å². The molecule has 0 aliphatic rings. The lowest BCUT2D eigenvalue weighted by Gasteiger charge is -2.12. The standard InChI is InChI=1S/C19H23NO2/c1-13(2)18-10-9-17(11-15(18)4)22-12-19(21)20-16-7-5-14(3)6-8-16/h5-11,13H,12H2,1-4H3,(H,20,21). The number of anilines is 1. The molecule has 0 unspecified atom stereocenters. The van der Waals surface area contributed by atoms with Crippen LogP contribution in [0.15, 0.2) is 42.5 Å². The molecule has 0 aliphatic heterocycles. The summed E-state index contributed by atoms with van der Waals surface area (Å²) in [5.41, 5.74) is 4.43. The number of benzene rings is 2. The molecule has 0 saturated heterocycles. The van der Waals surface area contributed by atoms with E-state index >= 15 is 0 Å². The molecule has 1 N–H and O–H groups in total. The smallest absolute Gasteiger partial charge is 0.262 e. The Balaban J connectivity index is 1.91. The van der Waals surface area contributed by atoms with Crippen LogP contribution in [0.25, 0.3) is 0 Å².